The van der Waals surface area contributed by atoms with E-state index in [9.17, 15) is 9.90 Å². The number of aliphatic hydroxyl groups excluding tert-OH is 1. The summed E-state index contributed by atoms with van der Waals surface area (Å²) in [5.74, 6) is 0.769. The number of ether oxygens (including phenoxy) is 1. The molecule has 0 aliphatic heterocycles. The molecule has 1 amide bonds. The van der Waals surface area contributed by atoms with E-state index in [1.54, 1.807) is 24.3 Å². The van der Waals surface area contributed by atoms with Gasteiger partial charge in [0.05, 0.1) is 23.5 Å². The van der Waals surface area contributed by atoms with Crippen LogP contribution in [-0.2, 0) is 4.79 Å². The van der Waals surface area contributed by atoms with Crippen LogP contribution in [0.1, 0.15) is 5.56 Å². The fourth-order valence-corrected chi connectivity index (χ4v) is 4.17. The number of nitriles is 1. The van der Waals surface area contributed by atoms with Crippen LogP contribution in [0.2, 0.25) is 0 Å². The first-order valence-electron chi connectivity index (χ1n) is 6.75. The summed E-state index contributed by atoms with van der Waals surface area (Å²) < 4.78 is 6.84. The summed E-state index contributed by atoms with van der Waals surface area (Å²) in [6, 6.07) is 8.71. The van der Waals surface area contributed by atoms with Crippen LogP contribution < -0.4 is 10.5 Å². The molecule has 0 bridgehead atoms. The minimum absolute atomic E-state index is 0.140. The number of amides is 1. The molecule has 0 aliphatic rings. The Bertz CT molecular complexity index is 715. The fourth-order valence-electron chi connectivity index (χ4n) is 1.48. The molecule has 126 valence electrons. The van der Waals surface area contributed by atoms with Gasteiger partial charge >= 0.3 is 0 Å². The topological polar surface area (TPSA) is 122 Å². The van der Waals surface area contributed by atoms with Crippen molar-refractivity contribution in [2.24, 2.45) is 5.73 Å². The molecule has 1 aromatic heterocycles. The lowest BCUT2D eigenvalue weighted by Crippen LogP contribution is -2.20. The van der Waals surface area contributed by atoms with Crippen LogP contribution in [-0.4, -0.2) is 45.4 Å². The summed E-state index contributed by atoms with van der Waals surface area (Å²) in [5.41, 5.74) is 5.63. The van der Waals surface area contributed by atoms with Crippen molar-refractivity contribution in [2.45, 2.75) is 14.8 Å². The second-order valence-electron chi connectivity index (χ2n) is 4.50. The van der Waals surface area contributed by atoms with Gasteiger partial charge in [-0.1, -0.05) is 34.9 Å². The first-order chi connectivity index (χ1) is 11.6. The first kappa shape index (κ1) is 18.5. The minimum Gasteiger partial charge on any atom is -0.491 e. The number of carbonyl (C=O) groups is 1. The Morgan fingerprint density at radius 1 is 1.33 bits per heavy atom. The van der Waals surface area contributed by atoms with Gasteiger partial charge in [0.1, 0.15) is 12.4 Å². The van der Waals surface area contributed by atoms with Crippen LogP contribution in [0.5, 0.6) is 5.75 Å². The normalized spacial score (nSPS) is 11.7. The number of aromatic nitrogens is 2. The average Bonchev–Trinajstić information content (AvgIpc) is 3.04. The standard InChI is InChI=1S/C14H14N4O3S3/c15-5-9-1-3-11(4-2-9)21-6-10(19)7-22-13-17-18-14(24-13)23-8-12(16)20/h1-4,10,19H,6-8H2,(H2,16,20). The Hall–Kier alpha value is -1.80. The summed E-state index contributed by atoms with van der Waals surface area (Å²) in [7, 11) is 0. The Morgan fingerprint density at radius 3 is 2.62 bits per heavy atom. The van der Waals surface area contributed by atoms with Crippen LogP contribution in [0.25, 0.3) is 0 Å². The molecule has 2 rings (SSSR count). The second-order valence-corrected chi connectivity index (χ2v) is 7.97. The number of carbonyl (C=O) groups excluding carboxylic acids is 1. The summed E-state index contributed by atoms with van der Waals surface area (Å²) in [6.45, 7) is 0.140. The zero-order chi connectivity index (χ0) is 17.4. The van der Waals surface area contributed by atoms with Gasteiger partial charge in [-0.25, -0.2) is 0 Å². The SMILES string of the molecule is N#Cc1ccc(OCC(O)CSc2nnc(SCC(N)=O)s2)cc1. The minimum atomic E-state index is -0.670. The Morgan fingerprint density at radius 2 is 2.00 bits per heavy atom. The summed E-state index contributed by atoms with van der Waals surface area (Å²) in [6.07, 6.45) is -0.670. The number of rotatable bonds is 9. The molecule has 1 unspecified atom stereocenters. The quantitative estimate of drug-likeness (QED) is 0.626. The number of thioether (sulfide) groups is 2. The molecule has 2 aromatic rings. The molecule has 0 spiro atoms. The van der Waals surface area contributed by atoms with E-state index in [4.69, 9.17) is 15.7 Å². The average molecular weight is 382 g/mol. The summed E-state index contributed by atoms with van der Waals surface area (Å²) in [5, 5.41) is 26.6. The van der Waals surface area contributed by atoms with Crippen molar-refractivity contribution in [1.29, 1.82) is 5.26 Å². The van der Waals surface area contributed by atoms with E-state index >= 15 is 0 Å². The van der Waals surface area contributed by atoms with Gasteiger partial charge in [0.25, 0.3) is 0 Å². The Balaban J connectivity index is 1.71. The van der Waals surface area contributed by atoms with E-state index in [1.165, 1.54) is 34.9 Å². The van der Waals surface area contributed by atoms with Crippen molar-refractivity contribution >= 4 is 40.8 Å². The molecule has 3 N–H and O–H groups in total. The van der Waals surface area contributed by atoms with Gasteiger partial charge < -0.3 is 15.6 Å². The molecule has 0 radical (unpaired) electrons. The van der Waals surface area contributed by atoms with Gasteiger partial charge in [-0.3, -0.25) is 4.79 Å². The van der Waals surface area contributed by atoms with Crippen LogP contribution in [0.15, 0.2) is 32.9 Å². The zero-order valence-corrected chi connectivity index (χ0v) is 14.9. The third-order valence-electron chi connectivity index (χ3n) is 2.55. The third kappa shape index (κ3) is 6.37. The van der Waals surface area contributed by atoms with Crippen molar-refractivity contribution < 1.29 is 14.6 Å². The van der Waals surface area contributed by atoms with Crippen molar-refractivity contribution in [1.82, 2.24) is 10.2 Å². The number of hydrogen-bond donors (Lipinski definition) is 2. The number of hydrogen-bond acceptors (Lipinski definition) is 9. The van der Waals surface area contributed by atoms with Gasteiger partial charge in [-0.15, -0.1) is 10.2 Å². The van der Waals surface area contributed by atoms with E-state index in [0.29, 0.717) is 25.7 Å². The number of aliphatic hydroxyl groups is 1. The van der Waals surface area contributed by atoms with Crippen molar-refractivity contribution in [2.75, 3.05) is 18.1 Å². The van der Waals surface area contributed by atoms with Gasteiger partial charge in [0.15, 0.2) is 8.68 Å². The number of nitrogens with zero attached hydrogens (tertiary/aromatic N) is 3. The highest BCUT2D eigenvalue weighted by Crippen LogP contribution is 2.29. The molecule has 24 heavy (non-hydrogen) atoms. The maximum atomic E-state index is 10.7. The van der Waals surface area contributed by atoms with Crippen LogP contribution in [0.4, 0.5) is 0 Å². The molecule has 0 fully saturated rings. The molecule has 0 aliphatic carbocycles. The fraction of sp³-hybridized carbons (Fsp3) is 0.286. The smallest absolute Gasteiger partial charge is 0.227 e. The predicted molar refractivity (Wildman–Crippen MR) is 93.2 cm³/mol. The van der Waals surface area contributed by atoms with E-state index in [-0.39, 0.29) is 12.4 Å². The monoisotopic (exact) mass is 382 g/mol. The van der Waals surface area contributed by atoms with Crippen LogP contribution >= 0.6 is 34.9 Å². The molecule has 1 aromatic carbocycles. The van der Waals surface area contributed by atoms with Gasteiger partial charge in [-0.05, 0) is 24.3 Å². The van der Waals surface area contributed by atoms with Gasteiger partial charge in [0, 0.05) is 5.75 Å². The number of nitrogens with two attached hydrogens (primary N) is 1. The largest absolute Gasteiger partial charge is 0.491 e. The lowest BCUT2D eigenvalue weighted by atomic mass is 10.2. The van der Waals surface area contributed by atoms with Gasteiger partial charge in [0.2, 0.25) is 5.91 Å². The Labute approximate surface area is 151 Å². The highest BCUT2D eigenvalue weighted by Gasteiger charge is 2.11. The molecular formula is C14H14N4O3S3. The maximum absolute atomic E-state index is 10.7. The van der Waals surface area contributed by atoms with E-state index in [0.717, 1.165) is 0 Å². The molecule has 10 heteroatoms. The highest BCUT2D eigenvalue weighted by molar-refractivity contribution is 8.03. The summed E-state index contributed by atoms with van der Waals surface area (Å²) in [4.78, 5) is 10.7. The Kier molecular flexibility index (Phi) is 7.33. The van der Waals surface area contributed by atoms with E-state index in [2.05, 4.69) is 10.2 Å². The van der Waals surface area contributed by atoms with Crippen LogP contribution in [0.3, 0.4) is 0 Å². The molecule has 7 nitrogen and oxygen atoms in total. The molecule has 1 atom stereocenters. The second kappa shape index (κ2) is 9.48. The molecule has 0 saturated carbocycles. The number of primary amides is 1. The molecular weight excluding hydrogens is 368 g/mol. The molecule has 1 heterocycles. The van der Waals surface area contributed by atoms with Crippen molar-refractivity contribution in [3.63, 3.8) is 0 Å². The van der Waals surface area contributed by atoms with Crippen molar-refractivity contribution in [3.8, 4) is 11.8 Å². The highest BCUT2D eigenvalue weighted by atomic mass is 32.2. The predicted octanol–water partition coefficient (Wildman–Crippen LogP) is 1.52. The zero-order valence-electron chi connectivity index (χ0n) is 12.4. The van der Waals surface area contributed by atoms with Crippen LogP contribution in [0, 0.1) is 11.3 Å². The molecule has 0 saturated heterocycles. The lowest BCUT2D eigenvalue weighted by molar-refractivity contribution is -0.115. The third-order valence-corrected chi connectivity index (χ3v) is 5.91. The van der Waals surface area contributed by atoms with Crippen molar-refractivity contribution in [3.05, 3.63) is 29.8 Å². The lowest BCUT2D eigenvalue weighted by Gasteiger charge is -2.11. The maximum Gasteiger partial charge on any atom is 0.227 e. The van der Waals surface area contributed by atoms with E-state index in [1.807, 2.05) is 6.07 Å². The van der Waals surface area contributed by atoms with Gasteiger partial charge in [-0.2, -0.15) is 5.26 Å². The first-order valence-corrected chi connectivity index (χ1v) is 9.54. The van der Waals surface area contributed by atoms with E-state index < -0.39 is 12.0 Å². The number of benzene rings is 1. The summed E-state index contributed by atoms with van der Waals surface area (Å²) >= 11 is 3.96.